The second kappa shape index (κ2) is 10.6. The molecule has 0 saturated carbocycles. The second-order valence-corrected chi connectivity index (χ2v) is 4.13. The van der Waals surface area contributed by atoms with Crippen molar-refractivity contribution in [3.05, 3.63) is 0 Å². The van der Waals surface area contributed by atoms with E-state index < -0.39 is 0 Å². The normalized spacial score (nSPS) is 8.17. The van der Waals surface area contributed by atoms with E-state index in [1.165, 1.54) is 0 Å². The zero-order chi connectivity index (χ0) is 8.69. The molecular formula is C5H10N2NaS4+. The third-order valence-corrected chi connectivity index (χ3v) is 1.51. The SMILES string of the molecule is S=C(S)NCCCNC(=S)S.[Na+]. The summed E-state index contributed by atoms with van der Waals surface area (Å²) >= 11 is 17.2. The fraction of sp³-hybridized carbons (Fsp3) is 0.600. The molecule has 0 atom stereocenters. The van der Waals surface area contributed by atoms with E-state index in [1.807, 2.05) is 0 Å². The van der Waals surface area contributed by atoms with Crippen LogP contribution in [0.2, 0.25) is 0 Å². The van der Waals surface area contributed by atoms with Gasteiger partial charge in [0.25, 0.3) is 0 Å². The van der Waals surface area contributed by atoms with E-state index in [9.17, 15) is 0 Å². The summed E-state index contributed by atoms with van der Waals surface area (Å²) in [4.78, 5) is 0. The largest absolute Gasteiger partial charge is 1.00 e. The van der Waals surface area contributed by atoms with E-state index in [4.69, 9.17) is 0 Å². The van der Waals surface area contributed by atoms with Crippen LogP contribution in [-0.4, -0.2) is 21.7 Å². The molecule has 64 valence electrons. The average Bonchev–Trinajstić information content (AvgIpc) is 1.85. The number of rotatable bonds is 4. The van der Waals surface area contributed by atoms with Crippen LogP contribution < -0.4 is 40.2 Å². The van der Waals surface area contributed by atoms with E-state index in [-0.39, 0.29) is 29.6 Å². The zero-order valence-electron chi connectivity index (χ0n) is 6.83. The predicted octanol–water partition coefficient (Wildman–Crippen LogP) is -2.01. The van der Waals surface area contributed by atoms with E-state index in [0.29, 0.717) is 8.64 Å². The summed E-state index contributed by atoms with van der Waals surface area (Å²) in [6, 6.07) is 0. The van der Waals surface area contributed by atoms with Gasteiger partial charge in [0.15, 0.2) is 0 Å². The summed E-state index contributed by atoms with van der Waals surface area (Å²) in [6.07, 6.45) is 0.946. The van der Waals surface area contributed by atoms with Crippen molar-refractivity contribution in [1.82, 2.24) is 10.6 Å². The Kier molecular flexibility index (Phi) is 14.0. The number of hydrogen-bond acceptors (Lipinski definition) is 2. The zero-order valence-corrected chi connectivity index (χ0v) is 12.3. The van der Waals surface area contributed by atoms with Crippen LogP contribution in [0.1, 0.15) is 6.42 Å². The summed E-state index contributed by atoms with van der Waals surface area (Å²) in [5, 5.41) is 5.81. The minimum atomic E-state index is 0. The van der Waals surface area contributed by atoms with Gasteiger partial charge in [0.2, 0.25) is 0 Å². The topological polar surface area (TPSA) is 24.1 Å². The Morgan fingerprint density at radius 1 is 1.00 bits per heavy atom. The first-order valence-corrected chi connectivity index (χ1v) is 4.77. The molecule has 12 heavy (non-hydrogen) atoms. The molecule has 2 N–H and O–H groups in total. The van der Waals surface area contributed by atoms with Gasteiger partial charge >= 0.3 is 29.6 Å². The van der Waals surface area contributed by atoms with Gasteiger partial charge < -0.3 is 10.6 Å². The fourth-order valence-electron chi connectivity index (χ4n) is 0.479. The van der Waals surface area contributed by atoms with Crippen LogP contribution in [0.5, 0.6) is 0 Å². The molecule has 0 bridgehead atoms. The van der Waals surface area contributed by atoms with Crippen molar-refractivity contribution in [2.45, 2.75) is 6.42 Å². The van der Waals surface area contributed by atoms with Crippen LogP contribution in [-0.2, 0) is 0 Å². The quantitative estimate of drug-likeness (QED) is 0.200. The molecule has 0 aliphatic heterocycles. The maximum atomic E-state index is 4.69. The fourth-order valence-corrected chi connectivity index (χ4v) is 0.907. The Labute approximate surface area is 117 Å². The van der Waals surface area contributed by atoms with Crippen LogP contribution in [0.4, 0.5) is 0 Å². The molecule has 2 nitrogen and oxygen atoms in total. The van der Waals surface area contributed by atoms with Gasteiger partial charge in [-0.1, -0.05) is 24.4 Å². The molecule has 0 rings (SSSR count). The molecule has 0 spiro atoms. The Hall–Kier alpha value is 1.48. The van der Waals surface area contributed by atoms with Gasteiger partial charge in [-0.05, 0) is 6.42 Å². The van der Waals surface area contributed by atoms with Crippen molar-refractivity contribution >= 4 is 58.3 Å². The van der Waals surface area contributed by atoms with E-state index in [2.05, 4.69) is 60.3 Å². The predicted molar refractivity (Wildman–Crippen MR) is 63.8 cm³/mol. The minimum absolute atomic E-state index is 0. The maximum absolute atomic E-state index is 4.69. The smallest absolute Gasteiger partial charge is 0.371 e. The second-order valence-electron chi connectivity index (χ2n) is 1.82. The molecule has 0 aliphatic carbocycles. The van der Waals surface area contributed by atoms with Crippen LogP contribution in [0.25, 0.3) is 0 Å². The molecule has 0 aromatic heterocycles. The van der Waals surface area contributed by atoms with Crippen LogP contribution >= 0.6 is 49.7 Å². The van der Waals surface area contributed by atoms with Gasteiger partial charge in [-0.15, -0.1) is 25.3 Å². The first-order valence-electron chi connectivity index (χ1n) is 3.06. The molecule has 0 aliphatic rings. The van der Waals surface area contributed by atoms with Gasteiger partial charge in [-0.2, -0.15) is 0 Å². The molecular weight excluding hydrogens is 239 g/mol. The summed E-state index contributed by atoms with van der Waals surface area (Å²) < 4.78 is 1.05. The Morgan fingerprint density at radius 2 is 1.33 bits per heavy atom. The third-order valence-electron chi connectivity index (χ3n) is 0.906. The van der Waals surface area contributed by atoms with Crippen molar-refractivity contribution in [3.8, 4) is 0 Å². The van der Waals surface area contributed by atoms with Crippen molar-refractivity contribution in [2.24, 2.45) is 0 Å². The van der Waals surface area contributed by atoms with Gasteiger partial charge in [0, 0.05) is 13.1 Å². The van der Waals surface area contributed by atoms with Gasteiger partial charge in [-0.3, -0.25) is 0 Å². The van der Waals surface area contributed by atoms with Crippen molar-refractivity contribution in [2.75, 3.05) is 13.1 Å². The number of thiocarbonyl (C=S) groups is 2. The molecule has 0 fully saturated rings. The first kappa shape index (κ1) is 15.9. The maximum Gasteiger partial charge on any atom is 1.00 e. The summed E-state index contributed by atoms with van der Waals surface area (Å²) in [7, 11) is 0. The first-order chi connectivity index (χ1) is 5.13. The third kappa shape index (κ3) is 14.0. The molecule has 7 heteroatoms. The van der Waals surface area contributed by atoms with Crippen molar-refractivity contribution in [1.29, 1.82) is 0 Å². The van der Waals surface area contributed by atoms with Crippen LogP contribution in [0, 0.1) is 0 Å². The molecule has 0 amide bonds. The molecule has 0 radical (unpaired) electrons. The van der Waals surface area contributed by atoms with E-state index >= 15 is 0 Å². The van der Waals surface area contributed by atoms with Crippen LogP contribution in [0.15, 0.2) is 0 Å². The summed E-state index contributed by atoms with van der Waals surface area (Å²) in [5.74, 6) is 0. The summed E-state index contributed by atoms with van der Waals surface area (Å²) in [5.41, 5.74) is 0. The monoisotopic (exact) mass is 249 g/mol. The van der Waals surface area contributed by atoms with Crippen molar-refractivity contribution in [3.63, 3.8) is 0 Å². The van der Waals surface area contributed by atoms with E-state index in [0.717, 1.165) is 19.5 Å². The number of hydrogen-bond donors (Lipinski definition) is 4. The van der Waals surface area contributed by atoms with Gasteiger partial charge in [-0.25, -0.2) is 0 Å². The number of thiol groups is 2. The summed E-state index contributed by atoms with van der Waals surface area (Å²) in [6.45, 7) is 1.62. The molecule has 0 aromatic rings. The Bertz CT molecular complexity index is 136. The van der Waals surface area contributed by atoms with Gasteiger partial charge in [0.1, 0.15) is 8.64 Å². The molecule has 0 saturated heterocycles. The molecule has 0 aromatic carbocycles. The van der Waals surface area contributed by atoms with Crippen LogP contribution in [0.3, 0.4) is 0 Å². The molecule has 0 unspecified atom stereocenters. The van der Waals surface area contributed by atoms with Crippen molar-refractivity contribution < 1.29 is 29.6 Å². The van der Waals surface area contributed by atoms with Gasteiger partial charge in [0.05, 0.1) is 0 Å². The Morgan fingerprint density at radius 3 is 1.58 bits per heavy atom. The minimum Gasteiger partial charge on any atom is -0.371 e. The molecule has 0 heterocycles. The average molecular weight is 249 g/mol. The van der Waals surface area contributed by atoms with E-state index in [1.54, 1.807) is 0 Å². The number of nitrogens with one attached hydrogen (secondary N) is 2. The Balaban J connectivity index is 0. The standard InChI is InChI=1S/C5H10N2S4.Na/c8-4(9)6-2-1-3-7-5(10)11;/h1-3H2,(H2,6,8,9)(H2,7,10,11);/q;+1.